The predicted molar refractivity (Wildman–Crippen MR) is 72.8 cm³/mol. The number of amides is 1. The molecule has 0 aromatic heterocycles. The SMILES string of the molecule is CSC1=C(C#N)[C@@H](c2ccccc2C)CC(=O)N1. The van der Waals surface area contributed by atoms with Crippen LogP contribution in [0.1, 0.15) is 23.5 Å². The van der Waals surface area contributed by atoms with Gasteiger partial charge in [-0.05, 0) is 24.3 Å². The van der Waals surface area contributed by atoms with Gasteiger partial charge in [-0.1, -0.05) is 24.3 Å². The Labute approximate surface area is 111 Å². The Hall–Kier alpha value is -1.73. The Morgan fingerprint density at radius 1 is 1.44 bits per heavy atom. The second-order valence-corrected chi connectivity index (χ2v) is 5.04. The van der Waals surface area contributed by atoms with Gasteiger partial charge in [0.15, 0.2) is 0 Å². The molecule has 1 atom stereocenters. The number of allylic oxidation sites excluding steroid dienone is 1. The maximum absolute atomic E-state index is 11.7. The predicted octanol–water partition coefficient (Wildman–Crippen LogP) is 2.70. The highest BCUT2D eigenvalue weighted by Gasteiger charge is 2.29. The molecule has 92 valence electrons. The Balaban J connectivity index is 2.52. The van der Waals surface area contributed by atoms with Crippen LogP contribution in [-0.2, 0) is 4.79 Å². The van der Waals surface area contributed by atoms with Crippen LogP contribution in [0.2, 0.25) is 0 Å². The maximum Gasteiger partial charge on any atom is 0.225 e. The van der Waals surface area contributed by atoms with Gasteiger partial charge >= 0.3 is 0 Å². The third-order valence-corrected chi connectivity index (χ3v) is 3.85. The molecule has 3 nitrogen and oxygen atoms in total. The molecule has 1 aliphatic rings. The zero-order valence-electron chi connectivity index (χ0n) is 10.4. The van der Waals surface area contributed by atoms with Crippen LogP contribution >= 0.6 is 11.8 Å². The molecule has 0 saturated heterocycles. The smallest absolute Gasteiger partial charge is 0.225 e. The van der Waals surface area contributed by atoms with E-state index in [0.29, 0.717) is 17.0 Å². The highest BCUT2D eigenvalue weighted by molar-refractivity contribution is 8.02. The second-order valence-electron chi connectivity index (χ2n) is 4.22. The highest BCUT2D eigenvalue weighted by Crippen LogP contribution is 2.36. The first kappa shape index (κ1) is 12.7. The number of nitrogens with zero attached hydrogens (tertiary/aromatic N) is 1. The third kappa shape index (κ3) is 2.27. The molecule has 1 aromatic carbocycles. The molecule has 0 unspecified atom stereocenters. The van der Waals surface area contributed by atoms with Gasteiger partial charge in [-0.15, -0.1) is 11.8 Å². The molecule has 18 heavy (non-hydrogen) atoms. The van der Waals surface area contributed by atoms with Crippen molar-refractivity contribution in [3.8, 4) is 6.07 Å². The van der Waals surface area contributed by atoms with Gasteiger partial charge in [-0.2, -0.15) is 5.26 Å². The van der Waals surface area contributed by atoms with Crippen LogP contribution < -0.4 is 5.32 Å². The maximum atomic E-state index is 11.7. The zero-order chi connectivity index (χ0) is 13.1. The number of carbonyl (C=O) groups is 1. The van der Waals surface area contributed by atoms with Crippen molar-refractivity contribution in [2.45, 2.75) is 19.3 Å². The number of aryl methyl sites for hydroxylation is 1. The number of hydrogen-bond donors (Lipinski definition) is 1. The van der Waals surface area contributed by atoms with Gasteiger partial charge in [0, 0.05) is 12.3 Å². The first-order chi connectivity index (χ1) is 8.67. The van der Waals surface area contributed by atoms with Crippen molar-refractivity contribution in [2.75, 3.05) is 6.26 Å². The van der Waals surface area contributed by atoms with Gasteiger partial charge in [0.05, 0.1) is 16.7 Å². The lowest BCUT2D eigenvalue weighted by Gasteiger charge is -2.25. The summed E-state index contributed by atoms with van der Waals surface area (Å²) in [7, 11) is 0. The molecule has 0 radical (unpaired) electrons. The second kappa shape index (κ2) is 5.28. The molecule has 1 amide bonds. The average molecular weight is 258 g/mol. The summed E-state index contributed by atoms with van der Waals surface area (Å²) in [6, 6.07) is 10.2. The van der Waals surface area contributed by atoms with E-state index in [4.69, 9.17) is 0 Å². The molecule has 0 aliphatic carbocycles. The van der Waals surface area contributed by atoms with Crippen molar-refractivity contribution in [1.82, 2.24) is 5.32 Å². The Bertz CT molecular complexity index is 557. The first-order valence-electron chi connectivity index (χ1n) is 5.71. The first-order valence-corrected chi connectivity index (χ1v) is 6.93. The normalized spacial score (nSPS) is 19.4. The van der Waals surface area contributed by atoms with Crippen LogP contribution in [0.4, 0.5) is 0 Å². The average Bonchev–Trinajstić information content (AvgIpc) is 2.38. The lowest BCUT2D eigenvalue weighted by atomic mass is 9.85. The minimum absolute atomic E-state index is 0.0217. The Morgan fingerprint density at radius 2 is 2.17 bits per heavy atom. The van der Waals surface area contributed by atoms with Crippen LogP contribution in [0.15, 0.2) is 34.9 Å². The molecule has 0 spiro atoms. The Morgan fingerprint density at radius 3 is 2.78 bits per heavy atom. The summed E-state index contributed by atoms with van der Waals surface area (Å²) in [5, 5.41) is 12.8. The minimum Gasteiger partial charge on any atom is -0.320 e. The van der Waals surface area contributed by atoms with E-state index in [1.807, 2.05) is 37.4 Å². The fourth-order valence-electron chi connectivity index (χ4n) is 2.22. The molecular weight excluding hydrogens is 244 g/mol. The molecule has 2 rings (SSSR count). The topological polar surface area (TPSA) is 52.9 Å². The lowest BCUT2D eigenvalue weighted by molar-refractivity contribution is -0.120. The molecule has 0 saturated carbocycles. The summed E-state index contributed by atoms with van der Waals surface area (Å²) in [6.07, 6.45) is 2.21. The van der Waals surface area contributed by atoms with Crippen molar-refractivity contribution in [3.05, 3.63) is 46.0 Å². The van der Waals surface area contributed by atoms with Crippen LogP contribution in [0.3, 0.4) is 0 Å². The molecule has 1 N–H and O–H groups in total. The van der Waals surface area contributed by atoms with Crippen LogP contribution in [-0.4, -0.2) is 12.2 Å². The third-order valence-electron chi connectivity index (χ3n) is 3.12. The van der Waals surface area contributed by atoms with Crippen LogP contribution in [0, 0.1) is 18.3 Å². The van der Waals surface area contributed by atoms with E-state index in [0.717, 1.165) is 11.1 Å². The lowest BCUT2D eigenvalue weighted by Crippen LogP contribution is -2.30. The van der Waals surface area contributed by atoms with Crippen LogP contribution in [0.5, 0.6) is 0 Å². The van der Waals surface area contributed by atoms with Gasteiger partial charge in [-0.3, -0.25) is 4.79 Å². The quantitative estimate of drug-likeness (QED) is 0.887. The number of nitriles is 1. The summed E-state index contributed by atoms with van der Waals surface area (Å²) in [6.45, 7) is 2.01. The number of hydrogen-bond acceptors (Lipinski definition) is 3. The van der Waals surface area contributed by atoms with Gasteiger partial charge in [0.2, 0.25) is 5.91 Å². The van der Waals surface area contributed by atoms with E-state index < -0.39 is 0 Å². The fraction of sp³-hybridized carbons (Fsp3) is 0.286. The summed E-state index contributed by atoms with van der Waals surface area (Å²) < 4.78 is 0. The zero-order valence-corrected chi connectivity index (χ0v) is 11.2. The Kier molecular flexibility index (Phi) is 3.73. The summed E-state index contributed by atoms with van der Waals surface area (Å²) in [5.74, 6) is -0.140. The standard InChI is InChI=1S/C14H14N2OS/c1-9-5-3-4-6-10(9)11-7-13(17)16-14(18-2)12(11)8-15/h3-6,11H,7H2,1-2H3,(H,16,17)/t11-/m1/s1. The van der Waals surface area contributed by atoms with Gasteiger partial charge < -0.3 is 5.32 Å². The molecule has 4 heteroatoms. The van der Waals surface area contributed by atoms with E-state index in [1.165, 1.54) is 11.8 Å². The summed E-state index contributed by atoms with van der Waals surface area (Å²) >= 11 is 1.41. The molecular formula is C14H14N2OS. The van der Waals surface area contributed by atoms with E-state index in [9.17, 15) is 10.1 Å². The van der Waals surface area contributed by atoms with Gasteiger partial charge in [0.25, 0.3) is 0 Å². The number of nitrogens with one attached hydrogen (secondary N) is 1. The summed E-state index contributed by atoms with van der Waals surface area (Å²) in [5.41, 5.74) is 2.84. The van der Waals surface area contributed by atoms with Crippen molar-refractivity contribution in [1.29, 1.82) is 5.26 Å². The number of carbonyl (C=O) groups excluding carboxylic acids is 1. The van der Waals surface area contributed by atoms with E-state index in [-0.39, 0.29) is 11.8 Å². The van der Waals surface area contributed by atoms with Crippen molar-refractivity contribution in [3.63, 3.8) is 0 Å². The van der Waals surface area contributed by atoms with E-state index >= 15 is 0 Å². The monoisotopic (exact) mass is 258 g/mol. The molecule has 1 aliphatic heterocycles. The minimum atomic E-state index is -0.118. The number of thioether (sulfide) groups is 1. The summed E-state index contributed by atoms with van der Waals surface area (Å²) in [4.78, 5) is 11.7. The highest BCUT2D eigenvalue weighted by atomic mass is 32.2. The van der Waals surface area contributed by atoms with E-state index in [2.05, 4.69) is 11.4 Å². The van der Waals surface area contributed by atoms with Gasteiger partial charge in [0.1, 0.15) is 0 Å². The molecule has 1 aromatic rings. The largest absolute Gasteiger partial charge is 0.320 e. The molecule has 1 heterocycles. The molecule has 0 bridgehead atoms. The van der Waals surface area contributed by atoms with Crippen molar-refractivity contribution < 1.29 is 4.79 Å². The number of rotatable bonds is 2. The van der Waals surface area contributed by atoms with Crippen LogP contribution in [0.25, 0.3) is 0 Å². The number of benzene rings is 1. The fourth-order valence-corrected chi connectivity index (χ4v) is 2.85. The van der Waals surface area contributed by atoms with E-state index in [1.54, 1.807) is 0 Å². The van der Waals surface area contributed by atoms with Crippen molar-refractivity contribution >= 4 is 17.7 Å². The van der Waals surface area contributed by atoms with Gasteiger partial charge in [-0.25, -0.2) is 0 Å². The van der Waals surface area contributed by atoms with Crippen molar-refractivity contribution in [2.24, 2.45) is 0 Å². The molecule has 0 fully saturated rings.